The topological polar surface area (TPSA) is 71.2 Å². The van der Waals surface area contributed by atoms with Crippen molar-refractivity contribution in [3.8, 4) is 0 Å². The molecular weight excluding hydrogens is 256 g/mol. The van der Waals surface area contributed by atoms with Crippen molar-refractivity contribution >= 4 is 23.5 Å². The molecule has 0 aliphatic rings. The first kappa shape index (κ1) is 14.6. The summed E-state index contributed by atoms with van der Waals surface area (Å²) in [4.78, 5) is 26.4. The third kappa shape index (κ3) is 3.26. The van der Waals surface area contributed by atoms with E-state index in [9.17, 15) is 9.59 Å². The van der Waals surface area contributed by atoms with Crippen LogP contribution in [0.25, 0.3) is 0 Å². The zero-order chi connectivity index (χ0) is 13.8. The monoisotopic (exact) mass is 272 g/mol. The van der Waals surface area contributed by atoms with Crippen molar-refractivity contribution in [2.45, 2.75) is 32.2 Å². The van der Waals surface area contributed by atoms with E-state index in [-0.39, 0.29) is 5.91 Å². The maximum Gasteiger partial charge on any atom is 0.331 e. The summed E-state index contributed by atoms with van der Waals surface area (Å²) in [6.07, 6.45) is 2.75. The van der Waals surface area contributed by atoms with Crippen LogP contribution in [0.3, 0.4) is 0 Å². The smallest absolute Gasteiger partial charge is 0.331 e. The molecule has 0 radical (unpaired) electrons. The Morgan fingerprint density at radius 2 is 2.22 bits per heavy atom. The summed E-state index contributed by atoms with van der Waals surface area (Å²) in [6.45, 7) is 3.57. The van der Waals surface area contributed by atoms with Gasteiger partial charge in [0.05, 0.1) is 12.1 Å². The standard InChI is InChI=1S/C12H17ClN2O3/c1-4-5-12(2,11(17)18-3)15-10(16)9-6-8(13)7-14-9/h6-7,14H,4-5H2,1-3H3,(H,15,16). The third-order valence-corrected chi connectivity index (χ3v) is 2.89. The fourth-order valence-corrected chi connectivity index (χ4v) is 1.92. The number of halogens is 1. The van der Waals surface area contributed by atoms with Gasteiger partial charge >= 0.3 is 5.97 Å². The molecular formula is C12H17ClN2O3. The molecule has 5 nitrogen and oxygen atoms in total. The van der Waals surface area contributed by atoms with Crippen LogP contribution < -0.4 is 5.32 Å². The lowest BCUT2D eigenvalue weighted by Crippen LogP contribution is -2.52. The Labute approximate surface area is 111 Å². The number of carbonyl (C=O) groups is 2. The molecule has 0 aromatic carbocycles. The summed E-state index contributed by atoms with van der Waals surface area (Å²) in [5.74, 6) is -0.849. The van der Waals surface area contributed by atoms with Gasteiger partial charge in [0.2, 0.25) is 0 Å². The second-order valence-corrected chi connectivity index (χ2v) is 4.70. The number of esters is 1. The molecule has 0 aliphatic carbocycles. The molecule has 0 saturated heterocycles. The number of methoxy groups -OCH3 is 1. The first-order valence-electron chi connectivity index (χ1n) is 5.67. The van der Waals surface area contributed by atoms with Crippen LogP contribution in [0, 0.1) is 0 Å². The SMILES string of the molecule is CCCC(C)(NC(=O)c1cc(Cl)c[nH]1)C(=O)OC. The molecule has 0 bridgehead atoms. The minimum absolute atomic E-state index is 0.311. The van der Waals surface area contributed by atoms with Gasteiger partial charge < -0.3 is 15.0 Å². The number of amides is 1. The second-order valence-electron chi connectivity index (χ2n) is 4.26. The molecule has 1 unspecified atom stereocenters. The molecule has 1 aromatic heterocycles. The van der Waals surface area contributed by atoms with Gasteiger partial charge in [-0.2, -0.15) is 0 Å². The van der Waals surface area contributed by atoms with Crippen molar-refractivity contribution in [3.05, 3.63) is 23.0 Å². The third-order valence-electron chi connectivity index (χ3n) is 2.67. The van der Waals surface area contributed by atoms with Crippen LogP contribution in [0.4, 0.5) is 0 Å². The van der Waals surface area contributed by atoms with Gasteiger partial charge in [-0.25, -0.2) is 4.79 Å². The Morgan fingerprint density at radius 1 is 1.56 bits per heavy atom. The lowest BCUT2D eigenvalue weighted by molar-refractivity contribution is -0.147. The molecule has 0 aliphatic heterocycles. The lowest BCUT2D eigenvalue weighted by atomic mass is 9.96. The van der Waals surface area contributed by atoms with E-state index in [1.807, 2.05) is 6.92 Å². The van der Waals surface area contributed by atoms with E-state index in [1.165, 1.54) is 19.4 Å². The summed E-state index contributed by atoms with van der Waals surface area (Å²) in [5.41, 5.74) is -0.718. The van der Waals surface area contributed by atoms with Gasteiger partial charge in [0, 0.05) is 6.20 Å². The number of H-pyrrole nitrogens is 1. The average molecular weight is 273 g/mol. The van der Waals surface area contributed by atoms with E-state index in [0.717, 1.165) is 6.42 Å². The van der Waals surface area contributed by atoms with Crippen LogP contribution in [0.2, 0.25) is 5.02 Å². The summed E-state index contributed by atoms with van der Waals surface area (Å²) < 4.78 is 4.72. The quantitative estimate of drug-likeness (QED) is 0.807. The molecule has 18 heavy (non-hydrogen) atoms. The summed E-state index contributed by atoms with van der Waals surface area (Å²) >= 11 is 5.72. The van der Waals surface area contributed by atoms with Crippen LogP contribution in [-0.2, 0) is 9.53 Å². The number of nitrogens with one attached hydrogen (secondary N) is 2. The van der Waals surface area contributed by atoms with Crippen LogP contribution >= 0.6 is 11.6 Å². The summed E-state index contributed by atoms with van der Waals surface area (Å²) in [7, 11) is 1.30. The molecule has 0 spiro atoms. The second kappa shape index (κ2) is 5.91. The summed E-state index contributed by atoms with van der Waals surface area (Å²) in [5, 5.41) is 3.11. The molecule has 1 amide bonds. The predicted octanol–water partition coefficient (Wildman–Crippen LogP) is 2.13. The van der Waals surface area contributed by atoms with E-state index >= 15 is 0 Å². The number of ether oxygens (including phenoxy) is 1. The van der Waals surface area contributed by atoms with Gasteiger partial charge in [0.15, 0.2) is 0 Å². The molecule has 6 heteroatoms. The first-order valence-corrected chi connectivity index (χ1v) is 6.05. The van der Waals surface area contributed by atoms with Gasteiger partial charge in [-0.1, -0.05) is 24.9 Å². The van der Waals surface area contributed by atoms with Gasteiger partial charge in [-0.05, 0) is 19.4 Å². The highest BCUT2D eigenvalue weighted by Gasteiger charge is 2.35. The lowest BCUT2D eigenvalue weighted by Gasteiger charge is -2.27. The van der Waals surface area contributed by atoms with Crippen molar-refractivity contribution in [2.24, 2.45) is 0 Å². The molecule has 0 fully saturated rings. The van der Waals surface area contributed by atoms with Crippen molar-refractivity contribution in [1.29, 1.82) is 0 Å². The van der Waals surface area contributed by atoms with Crippen LogP contribution in [0.5, 0.6) is 0 Å². The van der Waals surface area contributed by atoms with E-state index in [1.54, 1.807) is 6.92 Å². The average Bonchev–Trinajstić information content (AvgIpc) is 2.75. The first-order chi connectivity index (χ1) is 8.42. The highest BCUT2D eigenvalue weighted by atomic mass is 35.5. The Balaban J connectivity index is 2.84. The van der Waals surface area contributed by atoms with Gasteiger partial charge in [0.1, 0.15) is 11.2 Å². The minimum atomic E-state index is -1.03. The van der Waals surface area contributed by atoms with Gasteiger partial charge in [0.25, 0.3) is 5.91 Å². The van der Waals surface area contributed by atoms with Crippen molar-refractivity contribution in [3.63, 3.8) is 0 Å². The predicted molar refractivity (Wildman–Crippen MR) is 68.6 cm³/mol. The maximum absolute atomic E-state index is 12.0. The Bertz CT molecular complexity index is 444. The maximum atomic E-state index is 12.0. The van der Waals surface area contributed by atoms with E-state index in [4.69, 9.17) is 16.3 Å². The largest absolute Gasteiger partial charge is 0.467 e. The zero-order valence-electron chi connectivity index (χ0n) is 10.7. The van der Waals surface area contributed by atoms with Crippen LogP contribution in [0.15, 0.2) is 12.3 Å². The molecule has 1 rings (SSSR count). The molecule has 100 valence electrons. The minimum Gasteiger partial charge on any atom is -0.467 e. The fraction of sp³-hybridized carbons (Fsp3) is 0.500. The number of rotatable bonds is 5. The van der Waals surface area contributed by atoms with E-state index in [2.05, 4.69) is 10.3 Å². The molecule has 1 atom stereocenters. The molecule has 1 aromatic rings. The number of hydrogen-bond acceptors (Lipinski definition) is 3. The van der Waals surface area contributed by atoms with E-state index in [0.29, 0.717) is 17.1 Å². The number of aromatic nitrogens is 1. The highest BCUT2D eigenvalue weighted by molar-refractivity contribution is 6.31. The van der Waals surface area contributed by atoms with Crippen molar-refractivity contribution in [1.82, 2.24) is 10.3 Å². The van der Waals surface area contributed by atoms with E-state index < -0.39 is 11.5 Å². The molecule has 1 heterocycles. The Morgan fingerprint density at radius 3 is 2.67 bits per heavy atom. The van der Waals surface area contributed by atoms with Crippen molar-refractivity contribution < 1.29 is 14.3 Å². The fourth-order valence-electron chi connectivity index (χ4n) is 1.76. The number of hydrogen-bond donors (Lipinski definition) is 2. The Hall–Kier alpha value is -1.49. The van der Waals surface area contributed by atoms with Crippen LogP contribution in [0.1, 0.15) is 37.2 Å². The van der Waals surface area contributed by atoms with Gasteiger partial charge in [-0.15, -0.1) is 0 Å². The zero-order valence-corrected chi connectivity index (χ0v) is 11.4. The van der Waals surface area contributed by atoms with Crippen molar-refractivity contribution in [2.75, 3.05) is 7.11 Å². The normalized spacial score (nSPS) is 13.8. The Kier molecular flexibility index (Phi) is 4.78. The molecule has 0 saturated carbocycles. The number of carbonyl (C=O) groups excluding carboxylic acids is 2. The highest BCUT2D eigenvalue weighted by Crippen LogP contribution is 2.16. The molecule has 2 N–H and O–H groups in total. The van der Waals surface area contributed by atoms with Crippen LogP contribution in [-0.4, -0.2) is 29.5 Å². The van der Waals surface area contributed by atoms with Gasteiger partial charge in [-0.3, -0.25) is 4.79 Å². The summed E-state index contributed by atoms with van der Waals surface area (Å²) in [6, 6.07) is 1.50. The number of aromatic amines is 1.